The van der Waals surface area contributed by atoms with Crippen LogP contribution in [-0.4, -0.2) is 25.6 Å². The highest BCUT2D eigenvalue weighted by Gasteiger charge is 2.11. The Morgan fingerprint density at radius 1 is 0.870 bits per heavy atom. The first-order valence-corrected chi connectivity index (χ1v) is 7.91. The van der Waals surface area contributed by atoms with Crippen LogP contribution < -0.4 is 0 Å². The molecule has 0 unspecified atom stereocenters. The summed E-state index contributed by atoms with van der Waals surface area (Å²) < 4.78 is 5.44. The molecule has 0 atom stereocenters. The zero-order chi connectivity index (χ0) is 15.8. The fourth-order valence-corrected chi connectivity index (χ4v) is 3.38. The standard InChI is InChI=1S/C16H13N5OS/c1-9-15(19-21-17-9)14-8-7-13(23-14)11-3-5-12(6-4-11)16-20-18-10(2)22-16/h3-8H,1-2H3,(H,17,19,21). The maximum atomic E-state index is 5.44. The average Bonchev–Trinajstić information content (AvgIpc) is 3.28. The van der Waals surface area contributed by atoms with Gasteiger partial charge < -0.3 is 4.42 Å². The smallest absolute Gasteiger partial charge is 0.247 e. The summed E-state index contributed by atoms with van der Waals surface area (Å²) in [6.07, 6.45) is 0. The Bertz CT molecular complexity index is 951. The molecule has 0 saturated heterocycles. The third-order valence-electron chi connectivity index (χ3n) is 3.50. The van der Waals surface area contributed by atoms with Crippen molar-refractivity contribution >= 4 is 11.3 Å². The molecule has 3 heterocycles. The van der Waals surface area contributed by atoms with E-state index < -0.39 is 0 Å². The number of rotatable bonds is 3. The van der Waals surface area contributed by atoms with E-state index in [1.54, 1.807) is 18.3 Å². The average molecular weight is 323 g/mol. The largest absolute Gasteiger partial charge is 0.421 e. The molecular weight excluding hydrogens is 310 g/mol. The number of aromatic nitrogens is 5. The summed E-state index contributed by atoms with van der Waals surface area (Å²) in [4.78, 5) is 2.28. The third kappa shape index (κ3) is 2.55. The van der Waals surface area contributed by atoms with Crippen LogP contribution in [0.1, 0.15) is 11.6 Å². The Hall–Kier alpha value is -2.80. The Morgan fingerprint density at radius 3 is 2.26 bits per heavy atom. The van der Waals surface area contributed by atoms with Crippen LogP contribution in [0.2, 0.25) is 0 Å². The highest BCUT2D eigenvalue weighted by atomic mass is 32.1. The zero-order valence-electron chi connectivity index (χ0n) is 12.6. The van der Waals surface area contributed by atoms with E-state index in [9.17, 15) is 0 Å². The third-order valence-corrected chi connectivity index (χ3v) is 4.65. The summed E-state index contributed by atoms with van der Waals surface area (Å²) in [5.74, 6) is 1.11. The van der Waals surface area contributed by atoms with Crippen molar-refractivity contribution in [1.29, 1.82) is 0 Å². The van der Waals surface area contributed by atoms with Gasteiger partial charge in [0.25, 0.3) is 0 Å². The second-order valence-corrected chi connectivity index (χ2v) is 6.21. The van der Waals surface area contributed by atoms with Crippen molar-refractivity contribution in [2.45, 2.75) is 13.8 Å². The second-order valence-electron chi connectivity index (χ2n) is 5.13. The van der Waals surface area contributed by atoms with E-state index in [4.69, 9.17) is 4.42 Å². The molecular formula is C16H13N5OS. The molecule has 4 aromatic rings. The summed E-state index contributed by atoms with van der Waals surface area (Å²) in [7, 11) is 0. The predicted molar refractivity (Wildman–Crippen MR) is 87.9 cm³/mol. The first-order chi connectivity index (χ1) is 11.2. The maximum Gasteiger partial charge on any atom is 0.247 e. The van der Waals surface area contributed by atoms with Crippen molar-refractivity contribution in [1.82, 2.24) is 25.6 Å². The molecule has 0 aliphatic carbocycles. The van der Waals surface area contributed by atoms with Crippen LogP contribution in [0.3, 0.4) is 0 Å². The van der Waals surface area contributed by atoms with Crippen LogP contribution in [0.25, 0.3) is 32.5 Å². The van der Waals surface area contributed by atoms with E-state index in [1.165, 1.54) is 4.88 Å². The number of nitrogens with one attached hydrogen (secondary N) is 1. The van der Waals surface area contributed by atoms with Crippen molar-refractivity contribution in [2.24, 2.45) is 0 Å². The number of nitrogens with zero attached hydrogens (tertiary/aromatic N) is 4. The van der Waals surface area contributed by atoms with Gasteiger partial charge in [0.2, 0.25) is 11.8 Å². The molecule has 6 nitrogen and oxygen atoms in total. The number of thiophene rings is 1. The Morgan fingerprint density at radius 2 is 1.61 bits per heavy atom. The summed E-state index contributed by atoms with van der Waals surface area (Å²) in [5.41, 5.74) is 3.86. The first-order valence-electron chi connectivity index (χ1n) is 7.09. The van der Waals surface area contributed by atoms with Crippen molar-refractivity contribution < 1.29 is 4.42 Å². The molecule has 0 aliphatic rings. The van der Waals surface area contributed by atoms with Crippen LogP contribution in [0, 0.1) is 13.8 Å². The fourth-order valence-electron chi connectivity index (χ4n) is 2.33. The van der Waals surface area contributed by atoms with Gasteiger partial charge in [-0.3, -0.25) is 0 Å². The molecule has 114 valence electrons. The van der Waals surface area contributed by atoms with Crippen LogP contribution in [-0.2, 0) is 0 Å². The summed E-state index contributed by atoms with van der Waals surface area (Å²) in [5, 5.41) is 18.8. The van der Waals surface area contributed by atoms with Gasteiger partial charge in [0.05, 0.1) is 10.6 Å². The number of aromatic amines is 1. The van der Waals surface area contributed by atoms with E-state index in [2.05, 4.69) is 49.9 Å². The minimum atomic E-state index is 0.541. The van der Waals surface area contributed by atoms with Gasteiger partial charge >= 0.3 is 0 Å². The lowest BCUT2D eigenvalue weighted by molar-refractivity contribution is 0.533. The Balaban J connectivity index is 1.64. The van der Waals surface area contributed by atoms with Gasteiger partial charge in [0, 0.05) is 17.4 Å². The SMILES string of the molecule is Cc1nnc(-c2ccc(-c3ccc(-c4n[nH]nc4C)s3)cc2)o1. The van der Waals surface area contributed by atoms with E-state index in [1.807, 2.05) is 19.1 Å². The lowest BCUT2D eigenvalue weighted by atomic mass is 10.1. The minimum Gasteiger partial charge on any atom is -0.421 e. The number of hydrogen-bond donors (Lipinski definition) is 1. The second kappa shape index (κ2) is 5.44. The highest BCUT2D eigenvalue weighted by molar-refractivity contribution is 7.18. The van der Waals surface area contributed by atoms with Crippen molar-refractivity contribution in [3.05, 3.63) is 48.0 Å². The first kappa shape index (κ1) is 13.8. The van der Waals surface area contributed by atoms with Crippen LogP contribution in [0.5, 0.6) is 0 Å². The lowest BCUT2D eigenvalue weighted by Crippen LogP contribution is -1.78. The van der Waals surface area contributed by atoms with Crippen LogP contribution in [0.15, 0.2) is 40.8 Å². The predicted octanol–water partition coefficient (Wildman–Crippen LogP) is 3.87. The molecule has 3 aromatic heterocycles. The summed E-state index contributed by atoms with van der Waals surface area (Å²) >= 11 is 1.69. The molecule has 1 N–H and O–H groups in total. The molecule has 0 aliphatic heterocycles. The fraction of sp³-hybridized carbons (Fsp3) is 0.125. The van der Waals surface area contributed by atoms with Crippen LogP contribution >= 0.6 is 11.3 Å². The molecule has 4 rings (SSSR count). The quantitative estimate of drug-likeness (QED) is 0.619. The Labute approximate surface area is 136 Å². The monoisotopic (exact) mass is 323 g/mol. The van der Waals surface area contributed by atoms with E-state index >= 15 is 0 Å². The number of benzene rings is 1. The van der Waals surface area contributed by atoms with Gasteiger partial charge in [0.15, 0.2) is 0 Å². The van der Waals surface area contributed by atoms with Crippen molar-refractivity contribution in [2.75, 3.05) is 0 Å². The minimum absolute atomic E-state index is 0.541. The van der Waals surface area contributed by atoms with Crippen molar-refractivity contribution in [3.63, 3.8) is 0 Å². The molecule has 0 spiro atoms. The van der Waals surface area contributed by atoms with Gasteiger partial charge in [-0.15, -0.1) is 21.5 Å². The van der Waals surface area contributed by atoms with Crippen molar-refractivity contribution in [3.8, 4) is 32.5 Å². The maximum absolute atomic E-state index is 5.44. The van der Waals surface area contributed by atoms with Crippen LogP contribution in [0.4, 0.5) is 0 Å². The molecule has 0 saturated carbocycles. The molecule has 0 radical (unpaired) electrons. The van der Waals surface area contributed by atoms with Gasteiger partial charge in [-0.2, -0.15) is 15.4 Å². The van der Waals surface area contributed by atoms with Gasteiger partial charge in [-0.05, 0) is 36.8 Å². The summed E-state index contributed by atoms with van der Waals surface area (Å²) in [6.45, 7) is 3.73. The molecule has 0 bridgehead atoms. The molecule has 0 fully saturated rings. The number of aryl methyl sites for hydroxylation is 2. The Kier molecular flexibility index (Phi) is 3.27. The van der Waals surface area contributed by atoms with Gasteiger partial charge in [0.1, 0.15) is 5.69 Å². The molecule has 1 aromatic carbocycles. The lowest BCUT2D eigenvalue weighted by Gasteiger charge is -1.99. The zero-order valence-corrected chi connectivity index (χ0v) is 13.4. The van der Waals surface area contributed by atoms with E-state index in [-0.39, 0.29) is 0 Å². The molecule has 7 heteroatoms. The van der Waals surface area contributed by atoms with E-state index in [0.29, 0.717) is 11.8 Å². The molecule has 23 heavy (non-hydrogen) atoms. The normalized spacial score (nSPS) is 11.0. The number of H-pyrrole nitrogens is 1. The van der Waals surface area contributed by atoms with E-state index in [0.717, 1.165) is 27.4 Å². The highest BCUT2D eigenvalue weighted by Crippen LogP contribution is 2.35. The molecule has 0 amide bonds. The van der Waals surface area contributed by atoms with Gasteiger partial charge in [-0.1, -0.05) is 12.1 Å². The van der Waals surface area contributed by atoms with Gasteiger partial charge in [-0.25, -0.2) is 0 Å². The summed E-state index contributed by atoms with van der Waals surface area (Å²) in [6, 6.07) is 12.3. The topological polar surface area (TPSA) is 80.5 Å². The number of hydrogen-bond acceptors (Lipinski definition) is 6.